The van der Waals surface area contributed by atoms with Crippen LogP contribution >= 0.6 is 0 Å². The van der Waals surface area contributed by atoms with Crippen LogP contribution in [-0.4, -0.2) is 45.7 Å². The number of halogens is 5. The van der Waals surface area contributed by atoms with E-state index in [2.05, 4.69) is 5.32 Å². The number of hydrogen-bond donors (Lipinski definition) is 1. The first-order valence-electron chi connectivity index (χ1n) is 13.1. The van der Waals surface area contributed by atoms with Crippen molar-refractivity contribution in [2.45, 2.75) is 48.9 Å². The standard InChI is InChI=1S/C29H27F5N2O5S/c1-18(37)35-28(9-11-40-12-10-28)16-22-17-36(42(38,39)23-4-2-3-20(14-23)29(32,33)34)26-13-19(5-8-27(26)41-22)24-15-21(30)6-7-25(24)31/h2-8,13-15,22H,9-12,16-17H2,1H3,(H,35,37)/t22-/m0/s1. The zero-order valence-electron chi connectivity index (χ0n) is 22.4. The number of nitrogens with one attached hydrogen (secondary N) is 1. The molecule has 1 fully saturated rings. The van der Waals surface area contributed by atoms with E-state index in [4.69, 9.17) is 9.47 Å². The molecule has 224 valence electrons. The summed E-state index contributed by atoms with van der Waals surface area (Å²) in [5.74, 6) is -1.68. The first kappa shape index (κ1) is 29.8. The molecule has 2 aliphatic heterocycles. The summed E-state index contributed by atoms with van der Waals surface area (Å²) in [6.45, 7) is 1.77. The topological polar surface area (TPSA) is 84.9 Å². The lowest BCUT2D eigenvalue weighted by Gasteiger charge is -2.43. The zero-order valence-corrected chi connectivity index (χ0v) is 23.2. The van der Waals surface area contributed by atoms with Crippen LogP contribution in [0, 0.1) is 11.6 Å². The molecule has 7 nitrogen and oxygen atoms in total. The van der Waals surface area contributed by atoms with E-state index in [1.165, 1.54) is 25.1 Å². The number of alkyl halides is 3. The van der Waals surface area contributed by atoms with Crippen LogP contribution < -0.4 is 14.4 Å². The average molecular weight is 611 g/mol. The van der Waals surface area contributed by atoms with Crippen molar-refractivity contribution >= 4 is 21.6 Å². The third-order valence-electron chi connectivity index (χ3n) is 7.39. The van der Waals surface area contributed by atoms with Crippen LogP contribution in [0.15, 0.2) is 65.6 Å². The molecule has 13 heteroatoms. The first-order valence-corrected chi connectivity index (χ1v) is 14.5. The Balaban J connectivity index is 1.60. The Morgan fingerprint density at radius 3 is 2.48 bits per heavy atom. The van der Waals surface area contributed by atoms with Crippen LogP contribution in [0.1, 0.15) is 31.7 Å². The van der Waals surface area contributed by atoms with Crippen molar-refractivity contribution in [2.75, 3.05) is 24.1 Å². The van der Waals surface area contributed by atoms with Crippen molar-refractivity contribution in [3.8, 4) is 16.9 Å². The van der Waals surface area contributed by atoms with Crippen molar-refractivity contribution in [2.24, 2.45) is 0 Å². The summed E-state index contributed by atoms with van der Waals surface area (Å²) < 4.78 is 110. The van der Waals surface area contributed by atoms with Gasteiger partial charge in [-0.05, 0) is 66.9 Å². The van der Waals surface area contributed by atoms with Crippen molar-refractivity contribution < 1.29 is 44.6 Å². The minimum atomic E-state index is -4.78. The highest BCUT2D eigenvalue weighted by Crippen LogP contribution is 2.43. The number of nitrogens with zero attached hydrogens (tertiary/aromatic N) is 1. The Morgan fingerprint density at radius 2 is 1.79 bits per heavy atom. The second-order valence-electron chi connectivity index (χ2n) is 10.4. The maximum Gasteiger partial charge on any atom is 0.416 e. The first-order chi connectivity index (χ1) is 19.8. The van der Waals surface area contributed by atoms with Crippen molar-refractivity contribution in [3.63, 3.8) is 0 Å². The largest absolute Gasteiger partial charge is 0.486 e. The summed E-state index contributed by atoms with van der Waals surface area (Å²) in [7, 11) is -4.62. The maximum absolute atomic E-state index is 14.6. The molecule has 1 amide bonds. The van der Waals surface area contributed by atoms with E-state index in [0.29, 0.717) is 32.1 Å². The molecular weight excluding hydrogens is 583 g/mol. The van der Waals surface area contributed by atoms with E-state index in [1.807, 2.05) is 0 Å². The van der Waals surface area contributed by atoms with Crippen molar-refractivity contribution in [3.05, 3.63) is 77.9 Å². The van der Waals surface area contributed by atoms with Gasteiger partial charge in [0.05, 0.1) is 22.7 Å². The van der Waals surface area contributed by atoms with Gasteiger partial charge in [-0.3, -0.25) is 9.10 Å². The van der Waals surface area contributed by atoms with E-state index < -0.39 is 49.9 Å². The Bertz CT molecular complexity index is 1610. The van der Waals surface area contributed by atoms with Gasteiger partial charge in [-0.15, -0.1) is 0 Å². The molecule has 0 aliphatic carbocycles. The molecule has 42 heavy (non-hydrogen) atoms. The molecule has 0 spiro atoms. The van der Waals surface area contributed by atoms with Crippen LogP contribution in [0.3, 0.4) is 0 Å². The van der Waals surface area contributed by atoms with Crippen LogP contribution in [0.25, 0.3) is 11.1 Å². The number of amides is 1. The summed E-state index contributed by atoms with van der Waals surface area (Å²) >= 11 is 0. The molecule has 0 saturated carbocycles. The lowest BCUT2D eigenvalue weighted by molar-refractivity contribution is -0.137. The molecule has 1 N–H and O–H groups in total. The van der Waals surface area contributed by atoms with E-state index in [0.717, 1.165) is 40.7 Å². The van der Waals surface area contributed by atoms with Crippen molar-refractivity contribution in [1.29, 1.82) is 0 Å². The lowest BCUT2D eigenvalue weighted by atomic mass is 9.84. The normalized spacial score (nSPS) is 18.6. The van der Waals surface area contributed by atoms with Crippen molar-refractivity contribution in [1.82, 2.24) is 5.32 Å². The quantitative estimate of drug-likeness (QED) is 0.363. The van der Waals surface area contributed by atoms with Crippen LogP contribution in [-0.2, 0) is 25.7 Å². The third-order valence-corrected chi connectivity index (χ3v) is 9.16. The Hall–Kier alpha value is -3.71. The van der Waals surface area contributed by atoms with Gasteiger partial charge < -0.3 is 14.8 Å². The monoisotopic (exact) mass is 610 g/mol. The molecular formula is C29H27F5N2O5S. The third kappa shape index (κ3) is 6.07. The molecule has 1 saturated heterocycles. The van der Waals surface area contributed by atoms with E-state index in [-0.39, 0.29) is 41.4 Å². The highest BCUT2D eigenvalue weighted by Gasteiger charge is 2.42. The van der Waals surface area contributed by atoms with Gasteiger partial charge in [-0.1, -0.05) is 12.1 Å². The Labute approximate surface area is 239 Å². The van der Waals surface area contributed by atoms with Gasteiger partial charge in [0.1, 0.15) is 23.5 Å². The fraction of sp³-hybridized carbons (Fsp3) is 0.345. The van der Waals surface area contributed by atoms with Gasteiger partial charge in [0.15, 0.2) is 0 Å². The highest BCUT2D eigenvalue weighted by molar-refractivity contribution is 7.92. The summed E-state index contributed by atoms with van der Waals surface area (Å²) in [6, 6.07) is 10.3. The van der Waals surface area contributed by atoms with Gasteiger partial charge in [0.25, 0.3) is 10.0 Å². The van der Waals surface area contributed by atoms with Gasteiger partial charge in [-0.25, -0.2) is 17.2 Å². The highest BCUT2D eigenvalue weighted by atomic mass is 32.2. The second-order valence-corrected chi connectivity index (χ2v) is 12.2. The average Bonchev–Trinajstić information content (AvgIpc) is 2.93. The van der Waals surface area contributed by atoms with Gasteiger partial charge in [0, 0.05) is 37.7 Å². The summed E-state index contributed by atoms with van der Waals surface area (Å²) in [6.07, 6.45) is -4.54. The smallest absolute Gasteiger partial charge is 0.416 e. The second kappa shape index (κ2) is 11.2. The molecule has 2 aliphatic rings. The SMILES string of the molecule is CC(=O)NC1(C[C@H]2CN(S(=O)(=O)c3cccc(C(F)(F)F)c3)c3cc(-c4cc(F)ccc4F)ccc3O2)CCOCC1. The fourth-order valence-electron chi connectivity index (χ4n) is 5.44. The lowest BCUT2D eigenvalue weighted by Crippen LogP contribution is -2.56. The summed E-state index contributed by atoms with van der Waals surface area (Å²) in [4.78, 5) is 11.5. The fourth-order valence-corrected chi connectivity index (χ4v) is 6.99. The number of sulfonamides is 1. The molecule has 2 heterocycles. The molecule has 5 rings (SSSR count). The minimum absolute atomic E-state index is 0.0506. The Kier molecular flexibility index (Phi) is 7.92. The van der Waals surface area contributed by atoms with Gasteiger partial charge in [0.2, 0.25) is 5.91 Å². The van der Waals surface area contributed by atoms with E-state index in [9.17, 15) is 35.2 Å². The predicted octanol–water partition coefficient (Wildman–Crippen LogP) is 5.68. The molecule has 1 atom stereocenters. The zero-order chi connectivity index (χ0) is 30.3. The van der Waals surface area contributed by atoms with E-state index in [1.54, 1.807) is 0 Å². The number of hydrogen-bond acceptors (Lipinski definition) is 5. The van der Waals surface area contributed by atoms with Crippen LogP contribution in [0.2, 0.25) is 0 Å². The number of carbonyl (C=O) groups is 1. The number of carbonyl (C=O) groups excluding carboxylic acids is 1. The van der Waals surface area contributed by atoms with Crippen LogP contribution in [0.5, 0.6) is 5.75 Å². The number of rotatable bonds is 6. The number of benzene rings is 3. The number of ether oxygens (including phenoxy) is 2. The Morgan fingerprint density at radius 1 is 1.05 bits per heavy atom. The van der Waals surface area contributed by atoms with Gasteiger partial charge in [-0.2, -0.15) is 13.2 Å². The molecule has 3 aromatic rings. The number of fused-ring (bicyclic) bond motifs is 1. The minimum Gasteiger partial charge on any atom is -0.486 e. The molecule has 0 radical (unpaired) electrons. The van der Waals surface area contributed by atoms with E-state index >= 15 is 0 Å². The molecule has 0 unspecified atom stereocenters. The van der Waals surface area contributed by atoms with Crippen LogP contribution in [0.4, 0.5) is 27.6 Å². The summed E-state index contributed by atoms with van der Waals surface area (Å²) in [5.41, 5.74) is -1.96. The molecule has 3 aromatic carbocycles. The van der Waals surface area contributed by atoms with Gasteiger partial charge >= 0.3 is 6.18 Å². The molecule has 0 aromatic heterocycles. The summed E-state index contributed by atoms with van der Waals surface area (Å²) in [5, 5.41) is 2.95. The maximum atomic E-state index is 14.6. The predicted molar refractivity (Wildman–Crippen MR) is 143 cm³/mol. The number of anilines is 1. The molecule has 0 bridgehead atoms.